The van der Waals surface area contributed by atoms with Crippen LogP contribution < -0.4 is 13.7 Å². The maximum atomic E-state index is 15.8. The van der Waals surface area contributed by atoms with Crippen molar-refractivity contribution in [1.82, 2.24) is 0 Å². The third-order valence-electron chi connectivity index (χ3n) is 9.87. The Bertz CT molecular complexity index is 2750. The second-order valence-electron chi connectivity index (χ2n) is 13.6. The molecule has 0 radical (unpaired) electrons. The quantitative estimate of drug-likeness (QED) is 0.0949. The van der Waals surface area contributed by atoms with Crippen LogP contribution >= 0.6 is 0 Å². The van der Waals surface area contributed by atoms with Gasteiger partial charge < -0.3 is 0 Å². The lowest BCUT2D eigenvalue weighted by Crippen LogP contribution is -2.26. The van der Waals surface area contributed by atoms with E-state index in [1.807, 2.05) is 133 Å². The zero-order valence-electron chi connectivity index (χ0n) is 30.1. The van der Waals surface area contributed by atoms with Crippen LogP contribution in [0.25, 0.3) is 22.3 Å². The highest BCUT2D eigenvalue weighted by Crippen LogP contribution is 2.40. The van der Waals surface area contributed by atoms with Crippen molar-refractivity contribution in [2.75, 3.05) is 0 Å². The van der Waals surface area contributed by atoms with Crippen molar-refractivity contribution in [1.29, 1.82) is 0 Å². The van der Waals surface area contributed by atoms with Gasteiger partial charge in [-0.3, -0.25) is 0 Å². The molecule has 9 rings (SSSR count). The molecule has 0 atom stereocenters. The molecule has 5 aliphatic heterocycles. The first kappa shape index (κ1) is 34.7. The summed E-state index contributed by atoms with van der Waals surface area (Å²) in [7, 11) is 5.69. The molecule has 5 aliphatic rings. The predicted molar refractivity (Wildman–Crippen MR) is 203 cm³/mol. The van der Waals surface area contributed by atoms with E-state index in [1.165, 1.54) is 12.2 Å². The van der Waals surface area contributed by atoms with Crippen LogP contribution in [0.1, 0.15) is 22.3 Å². The van der Waals surface area contributed by atoms with Crippen LogP contribution in [0.3, 0.4) is 0 Å². The van der Waals surface area contributed by atoms with Gasteiger partial charge in [-0.05, 0) is 65.3 Å². The molecule has 56 heavy (non-hydrogen) atoms. The number of fused-ring (bicyclic) bond motifs is 4. The molecule has 0 fully saturated rings. The number of hydrogen-bond acceptors (Lipinski definition) is 4. The molecule has 12 heteroatoms. The largest absolute Gasteiger partial charge is 0.248 e. The van der Waals surface area contributed by atoms with Crippen molar-refractivity contribution in [2.45, 2.75) is 0 Å². The van der Waals surface area contributed by atoms with Crippen LogP contribution in [0.4, 0.5) is 22.0 Å². The van der Waals surface area contributed by atoms with Gasteiger partial charge >= 0.3 is 0 Å². The number of aliphatic imine (C=N–C) groups is 4. The Kier molecular flexibility index (Phi) is 8.26. The minimum absolute atomic E-state index is 0.0582. The molecule has 0 amide bonds. The van der Waals surface area contributed by atoms with Gasteiger partial charge in [-0.1, -0.05) is 0 Å². The molecule has 0 saturated carbocycles. The highest BCUT2D eigenvalue weighted by Gasteiger charge is 2.34. The number of aromatic nitrogens is 3. The molecule has 0 aliphatic carbocycles. The standard InChI is InChI=1S/C44H29F5N7/c1-54-18-12-24(13-19-54)35-27-4-6-29(50-27)36(25-14-20-55(2)21-15-25)31-8-10-33(52-31)38(39-40(45)42(47)44(49)43(48)41(39)46)34-11-9-32(53-34)37(30-7-5-28(35)51-30)26-16-22-56(3)23-17-26/h4-23H,1-3H3/q+3. The van der Waals surface area contributed by atoms with Crippen LogP contribution in [0.15, 0.2) is 165 Å². The van der Waals surface area contributed by atoms with E-state index < -0.39 is 34.6 Å². The molecule has 4 aromatic rings. The number of nitrogens with zero attached hydrogens (tertiary/aromatic N) is 7. The maximum Gasteiger partial charge on any atom is 0.200 e. The second kappa shape index (κ2) is 13.3. The lowest BCUT2D eigenvalue weighted by Gasteiger charge is -2.14. The third kappa shape index (κ3) is 5.77. The average molecular weight is 751 g/mol. The fraction of sp³-hybridized carbons (Fsp3) is 0.0682. The van der Waals surface area contributed by atoms with E-state index in [2.05, 4.69) is 0 Å². The van der Waals surface area contributed by atoms with Gasteiger partial charge in [0.1, 0.15) is 21.1 Å². The summed E-state index contributed by atoms with van der Waals surface area (Å²) in [5.74, 6) is -10.4. The smallest absolute Gasteiger partial charge is 0.200 e. The molecule has 7 nitrogen and oxygen atoms in total. The van der Waals surface area contributed by atoms with E-state index in [4.69, 9.17) is 20.0 Å². The topological polar surface area (TPSA) is 61.1 Å². The van der Waals surface area contributed by atoms with Crippen molar-refractivity contribution in [3.8, 4) is 0 Å². The van der Waals surface area contributed by atoms with Crippen LogP contribution in [0.2, 0.25) is 0 Å². The highest BCUT2D eigenvalue weighted by atomic mass is 19.2. The highest BCUT2D eigenvalue weighted by molar-refractivity contribution is 6.39. The average Bonchev–Trinajstić information content (AvgIpc) is 4.04. The van der Waals surface area contributed by atoms with Gasteiger partial charge in [0.15, 0.2) is 60.4 Å². The Balaban J connectivity index is 1.40. The minimum atomic E-state index is -2.26. The summed E-state index contributed by atoms with van der Waals surface area (Å²) in [5.41, 5.74) is 5.66. The lowest BCUT2D eigenvalue weighted by molar-refractivity contribution is -0.671. The molecular weight excluding hydrogens is 722 g/mol. The van der Waals surface area contributed by atoms with Crippen molar-refractivity contribution in [3.63, 3.8) is 0 Å². The van der Waals surface area contributed by atoms with E-state index in [0.717, 1.165) is 22.3 Å². The summed E-state index contributed by atoms with van der Waals surface area (Å²) in [4.78, 5) is 20.0. The van der Waals surface area contributed by atoms with Crippen LogP contribution in [-0.2, 0) is 21.1 Å². The van der Waals surface area contributed by atoms with E-state index in [1.54, 1.807) is 12.2 Å². The Morgan fingerprint density at radius 2 is 0.589 bits per heavy atom. The van der Waals surface area contributed by atoms with E-state index in [0.29, 0.717) is 45.4 Å². The molecular formula is C44H29F5N7+3. The van der Waals surface area contributed by atoms with E-state index >= 15 is 8.78 Å². The number of halogens is 5. The van der Waals surface area contributed by atoms with Gasteiger partial charge in [-0.25, -0.2) is 55.6 Å². The van der Waals surface area contributed by atoms with Gasteiger partial charge in [0.2, 0.25) is 5.82 Å². The van der Waals surface area contributed by atoms with Crippen molar-refractivity contribution in [2.24, 2.45) is 41.1 Å². The molecule has 0 spiro atoms. The molecule has 8 bridgehead atoms. The number of hydrogen-bond donors (Lipinski definition) is 0. The van der Waals surface area contributed by atoms with Gasteiger partial charge in [-0.15, -0.1) is 0 Å². The lowest BCUT2D eigenvalue weighted by atomic mass is 9.97. The van der Waals surface area contributed by atoms with Crippen LogP contribution in [-0.4, -0.2) is 22.8 Å². The van der Waals surface area contributed by atoms with Gasteiger partial charge in [0.25, 0.3) is 0 Å². The number of benzene rings is 1. The number of rotatable bonds is 4. The van der Waals surface area contributed by atoms with Crippen molar-refractivity contribution < 1.29 is 35.7 Å². The first-order valence-corrected chi connectivity index (χ1v) is 17.5. The maximum absolute atomic E-state index is 15.8. The van der Waals surface area contributed by atoms with Crippen LogP contribution in [0.5, 0.6) is 0 Å². The summed E-state index contributed by atoms with van der Waals surface area (Å²) in [6.07, 6.45) is 25.1. The van der Waals surface area contributed by atoms with Gasteiger partial charge in [0, 0.05) is 58.7 Å². The minimum Gasteiger partial charge on any atom is -0.248 e. The number of aryl methyl sites for hydroxylation is 3. The normalized spacial score (nSPS) is 17.1. The Hall–Kier alpha value is -7.08. The molecule has 1 aromatic carbocycles. The SMILES string of the molecule is C[n+]1ccc(C2=C3C=CC(=N3)C(c3cc[n+](C)cc3)=C3C=CC(=N3)C(c3c(F)c(F)c(F)c(F)c3F)=C3C=CC(=N3)C(c3cc[n+](C)cc3)=C3C=CC2=N3)cc1. The fourth-order valence-corrected chi connectivity index (χ4v) is 7.06. The van der Waals surface area contributed by atoms with E-state index in [9.17, 15) is 13.2 Å². The Morgan fingerprint density at radius 1 is 0.339 bits per heavy atom. The Morgan fingerprint density at radius 3 is 0.893 bits per heavy atom. The zero-order chi connectivity index (χ0) is 38.8. The third-order valence-corrected chi connectivity index (χ3v) is 9.87. The molecule has 8 heterocycles. The summed E-state index contributed by atoms with van der Waals surface area (Å²) in [5, 5.41) is 0. The molecule has 0 unspecified atom stereocenters. The summed E-state index contributed by atoms with van der Waals surface area (Å²) in [6, 6.07) is 11.5. The molecule has 3 aromatic heterocycles. The molecule has 0 N–H and O–H groups in total. The number of allylic oxidation sites excluding steroid dienone is 12. The first-order chi connectivity index (χ1) is 27.0. The van der Waals surface area contributed by atoms with Crippen LogP contribution in [0, 0.1) is 29.1 Å². The summed E-state index contributed by atoms with van der Waals surface area (Å²) >= 11 is 0. The molecule has 0 saturated heterocycles. The van der Waals surface area contributed by atoms with Crippen molar-refractivity contribution >= 4 is 45.1 Å². The summed E-state index contributed by atoms with van der Waals surface area (Å²) < 4.78 is 81.6. The summed E-state index contributed by atoms with van der Waals surface area (Å²) in [6.45, 7) is 0. The predicted octanol–water partition coefficient (Wildman–Crippen LogP) is 6.86. The zero-order valence-corrected chi connectivity index (χ0v) is 30.1. The van der Waals surface area contributed by atoms with Crippen molar-refractivity contribution in [3.05, 3.63) is 196 Å². The first-order valence-electron chi connectivity index (χ1n) is 17.5. The fourth-order valence-electron chi connectivity index (χ4n) is 7.06. The monoisotopic (exact) mass is 750 g/mol. The number of pyridine rings is 3. The van der Waals surface area contributed by atoms with Gasteiger partial charge in [0.05, 0.1) is 51.2 Å². The second-order valence-corrected chi connectivity index (χ2v) is 13.6. The Labute approximate surface area is 317 Å². The van der Waals surface area contributed by atoms with E-state index in [-0.39, 0.29) is 17.0 Å². The molecule has 272 valence electrons. The van der Waals surface area contributed by atoms with Gasteiger partial charge in [-0.2, -0.15) is 0 Å².